The quantitative estimate of drug-likeness (QED) is 0.860. The zero-order valence-corrected chi connectivity index (χ0v) is 15.2. The molecular formula is C17H22N4O3S. The van der Waals surface area contributed by atoms with E-state index in [2.05, 4.69) is 15.4 Å². The largest absolute Gasteiger partial charge is 0.352 e. The zero-order chi connectivity index (χ0) is 18.0. The van der Waals surface area contributed by atoms with Crippen LogP contribution in [0.25, 0.3) is 0 Å². The third-order valence-electron chi connectivity index (χ3n) is 4.58. The van der Waals surface area contributed by atoms with Gasteiger partial charge in [-0.1, -0.05) is 6.07 Å². The van der Waals surface area contributed by atoms with Gasteiger partial charge in [0.25, 0.3) is 0 Å². The highest BCUT2D eigenvalue weighted by molar-refractivity contribution is 7.91. The maximum atomic E-state index is 12.3. The summed E-state index contributed by atoms with van der Waals surface area (Å²) in [6, 6.07) is 3.61. The summed E-state index contributed by atoms with van der Waals surface area (Å²) >= 11 is 0. The lowest BCUT2D eigenvalue weighted by Gasteiger charge is -2.11. The molecule has 1 N–H and O–H groups in total. The van der Waals surface area contributed by atoms with Gasteiger partial charge in [0.15, 0.2) is 9.84 Å². The van der Waals surface area contributed by atoms with E-state index in [4.69, 9.17) is 0 Å². The summed E-state index contributed by atoms with van der Waals surface area (Å²) in [7, 11) is -2.97. The third-order valence-corrected chi connectivity index (χ3v) is 6.33. The van der Waals surface area contributed by atoms with Crippen LogP contribution in [0, 0.1) is 13.8 Å². The summed E-state index contributed by atoms with van der Waals surface area (Å²) in [6.07, 6.45) is 4.22. The second-order valence-corrected chi connectivity index (χ2v) is 8.69. The molecule has 0 radical (unpaired) electrons. The molecule has 0 aromatic carbocycles. The fourth-order valence-electron chi connectivity index (χ4n) is 3.20. The summed E-state index contributed by atoms with van der Waals surface area (Å²) in [5, 5.41) is 7.37. The maximum absolute atomic E-state index is 12.3. The number of hydrogen-bond acceptors (Lipinski definition) is 5. The first-order chi connectivity index (χ1) is 11.9. The van der Waals surface area contributed by atoms with Crippen LogP contribution in [0.4, 0.5) is 0 Å². The molecule has 3 rings (SSSR count). The summed E-state index contributed by atoms with van der Waals surface area (Å²) in [6.45, 7) is 4.19. The van der Waals surface area contributed by atoms with Crippen LogP contribution in [0.2, 0.25) is 0 Å². The van der Waals surface area contributed by atoms with Crippen molar-refractivity contribution in [2.45, 2.75) is 39.3 Å². The van der Waals surface area contributed by atoms with Crippen molar-refractivity contribution in [2.75, 3.05) is 11.5 Å². The monoisotopic (exact) mass is 362 g/mol. The van der Waals surface area contributed by atoms with Crippen molar-refractivity contribution < 1.29 is 13.2 Å². The number of rotatable bonds is 5. The smallest absolute Gasteiger partial charge is 0.224 e. The minimum Gasteiger partial charge on any atom is -0.352 e. The molecule has 1 amide bonds. The van der Waals surface area contributed by atoms with Crippen LogP contribution in [0.15, 0.2) is 24.5 Å². The summed E-state index contributed by atoms with van der Waals surface area (Å²) in [5.41, 5.74) is 3.46. The number of carbonyl (C=O) groups excluding carboxylic acids is 1. The molecule has 134 valence electrons. The molecule has 3 heterocycles. The number of hydrogen-bond donors (Lipinski definition) is 1. The SMILES string of the molecule is Cc1nn(C2CCS(=O)(=O)C2)c(C)c1CC(=O)NCc1cccnc1. The second-order valence-electron chi connectivity index (χ2n) is 6.47. The van der Waals surface area contributed by atoms with E-state index in [1.165, 1.54) is 0 Å². The summed E-state index contributed by atoms with van der Waals surface area (Å²) in [4.78, 5) is 16.3. The van der Waals surface area contributed by atoms with E-state index < -0.39 is 9.84 Å². The van der Waals surface area contributed by atoms with Crippen LogP contribution >= 0.6 is 0 Å². The third kappa shape index (κ3) is 4.07. The van der Waals surface area contributed by atoms with E-state index in [1.54, 1.807) is 17.1 Å². The van der Waals surface area contributed by atoms with Gasteiger partial charge in [-0.2, -0.15) is 5.10 Å². The molecule has 2 aromatic rings. The number of aromatic nitrogens is 3. The predicted molar refractivity (Wildman–Crippen MR) is 93.8 cm³/mol. The summed E-state index contributed by atoms with van der Waals surface area (Å²) < 4.78 is 25.2. The highest BCUT2D eigenvalue weighted by atomic mass is 32.2. The van der Waals surface area contributed by atoms with Gasteiger partial charge in [0.05, 0.1) is 29.7 Å². The van der Waals surface area contributed by atoms with Crippen LogP contribution in [-0.2, 0) is 27.6 Å². The van der Waals surface area contributed by atoms with Crippen molar-refractivity contribution in [3.63, 3.8) is 0 Å². The second kappa shape index (κ2) is 6.95. The first-order valence-electron chi connectivity index (χ1n) is 8.26. The van der Waals surface area contributed by atoms with Crippen molar-refractivity contribution in [2.24, 2.45) is 0 Å². The Labute approximate surface area is 147 Å². The van der Waals surface area contributed by atoms with Crippen LogP contribution in [0.3, 0.4) is 0 Å². The lowest BCUT2D eigenvalue weighted by molar-refractivity contribution is -0.120. The molecule has 0 bridgehead atoms. The Kier molecular flexibility index (Phi) is 4.89. The molecule has 1 unspecified atom stereocenters. The predicted octanol–water partition coefficient (Wildman–Crippen LogP) is 1.11. The molecule has 7 nitrogen and oxygen atoms in total. The molecule has 1 atom stereocenters. The highest BCUT2D eigenvalue weighted by Crippen LogP contribution is 2.26. The minimum absolute atomic E-state index is 0.0892. The number of sulfone groups is 1. The van der Waals surface area contributed by atoms with E-state index in [0.717, 1.165) is 22.5 Å². The Morgan fingerprint density at radius 3 is 2.84 bits per heavy atom. The number of amides is 1. The Morgan fingerprint density at radius 1 is 1.40 bits per heavy atom. The molecule has 0 spiro atoms. The number of nitrogens with zero attached hydrogens (tertiary/aromatic N) is 3. The number of aryl methyl sites for hydroxylation is 1. The topological polar surface area (TPSA) is 94.0 Å². The van der Waals surface area contributed by atoms with Gasteiger partial charge in [-0.25, -0.2) is 8.42 Å². The molecule has 0 saturated carbocycles. The van der Waals surface area contributed by atoms with Gasteiger partial charge >= 0.3 is 0 Å². The highest BCUT2D eigenvalue weighted by Gasteiger charge is 2.31. The average Bonchev–Trinajstić information content (AvgIpc) is 3.07. The van der Waals surface area contributed by atoms with Gasteiger partial charge in [0, 0.05) is 30.2 Å². The molecule has 8 heteroatoms. The Morgan fingerprint density at radius 2 is 2.20 bits per heavy atom. The Hall–Kier alpha value is -2.22. The van der Waals surface area contributed by atoms with Crippen LogP contribution in [0.5, 0.6) is 0 Å². The fourth-order valence-corrected chi connectivity index (χ4v) is 4.90. The first kappa shape index (κ1) is 17.6. The van der Waals surface area contributed by atoms with Crippen LogP contribution < -0.4 is 5.32 Å². The summed E-state index contributed by atoms with van der Waals surface area (Å²) in [5.74, 6) is 0.243. The van der Waals surface area contributed by atoms with Crippen molar-refractivity contribution in [3.05, 3.63) is 47.0 Å². The zero-order valence-electron chi connectivity index (χ0n) is 14.4. The normalized spacial score (nSPS) is 19.0. The Balaban J connectivity index is 1.67. The van der Waals surface area contributed by atoms with Gasteiger partial charge in [0.1, 0.15) is 0 Å². The molecular weight excluding hydrogens is 340 g/mol. The lowest BCUT2D eigenvalue weighted by atomic mass is 10.1. The first-order valence-corrected chi connectivity index (χ1v) is 10.1. The minimum atomic E-state index is -2.97. The molecule has 25 heavy (non-hydrogen) atoms. The van der Waals surface area contributed by atoms with Gasteiger partial charge in [0.2, 0.25) is 5.91 Å². The van der Waals surface area contributed by atoms with E-state index in [9.17, 15) is 13.2 Å². The number of pyridine rings is 1. The Bertz CT molecular complexity index is 875. The van der Waals surface area contributed by atoms with E-state index in [0.29, 0.717) is 13.0 Å². The lowest BCUT2D eigenvalue weighted by Crippen LogP contribution is -2.25. The van der Waals surface area contributed by atoms with E-state index >= 15 is 0 Å². The average molecular weight is 362 g/mol. The van der Waals surface area contributed by atoms with Gasteiger partial charge in [-0.3, -0.25) is 14.5 Å². The van der Waals surface area contributed by atoms with Gasteiger partial charge in [-0.05, 0) is 31.9 Å². The van der Waals surface area contributed by atoms with Crippen molar-refractivity contribution in [1.82, 2.24) is 20.1 Å². The molecule has 1 aliphatic rings. The molecule has 2 aromatic heterocycles. The fraction of sp³-hybridized carbons (Fsp3) is 0.471. The van der Waals surface area contributed by atoms with Crippen LogP contribution in [0.1, 0.15) is 35.0 Å². The van der Waals surface area contributed by atoms with E-state index in [1.807, 2.05) is 26.0 Å². The van der Waals surface area contributed by atoms with Crippen LogP contribution in [-0.4, -0.2) is 40.6 Å². The maximum Gasteiger partial charge on any atom is 0.224 e. The molecule has 1 saturated heterocycles. The van der Waals surface area contributed by atoms with Crippen molar-refractivity contribution in [3.8, 4) is 0 Å². The van der Waals surface area contributed by atoms with Gasteiger partial charge in [-0.15, -0.1) is 0 Å². The number of nitrogens with one attached hydrogen (secondary N) is 1. The molecule has 1 aliphatic heterocycles. The van der Waals surface area contributed by atoms with E-state index in [-0.39, 0.29) is 29.9 Å². The van der Waals surface area contributed by atoms with Gasteiger partial charge < -0.3 is 5.32 Å². The van der Waals surface area contributed by atoms with Crippen molar-refractivity contribution >= 4 is 15.7 Å². The molecule has 1 fully saturated rings. The standard InChI is InChI=1S/C17H22N4O3S/c1-12-16(8-17(22)19-10-14-4-3-6-18-9-14)13(2)21(20-12)15-5-7-25(23,24)11-15/h3-4,6,9,15H,5,7-8,10-11H2,1-2H3,(H,19,22). The van der Waals surface area contributed by atoms with Crippen molar-refractivity contribution in [1.29, 1.82) is 0 Å². The molecule has 0 aliphatic carbocycles. The number of carbonyl (C=O) groups is 1.